The molecule has 0 aliphatic heterocycles. The van der Waals surface area contributed by atoms with Crippen molar-refractivity contribution in [2.45, 2.75) is 13.1 Å². The molecule has 0 saturated heterocycles. The molecule has 2 aromatic rings. The van der Waals surface area contributed by atoms with E-state index in [1.54, 1.807) is 12.1 Å². The highest BCUT2D eigenvalue weighted by molar-refractivity contribution is 5.37. The van der Waals surface area contributed by atoms with Gasteiger partial charge in [-0.05, 0) is 29.3 Å². The second-order valence-corrected chi connectivity index (χ2v) is 4.29. The number of benzene rings is 2. The number of nitriles is 2. The van der Waals surface area contributed by atoms with Gasteiger partial charge in [0.15, 0.2) is 0 Å². The number of hydrazine groups is 1. The van der Waals surface area contributed by atoms with Gasteiger partial charge in [-0.3, -0.25) is 10.9 Å². The van der Waals surface area contributed by atoms with E-state index in [-0.39, 0.29) is 0 Å². The summed E-state index contributed by atoms with van der Waals surface area (Å²) in [5.41, 5.74) is 9.47. The third-order valence-electron chi connectivity index (χ3n) is 2.89. The van der Waals surface area contributed by atoms with E-state index in [1.807, 2.05) is 36.4 Å². The van der Waals surface area contributed by atoms with Crippen LogP contribution in [-0.4, -0.2) is 0 Å². The molecule has 0 amide bonds. The molecule has 20 heavy (non-hydrogen) atoms. The van der Waals surface area contributed by atoms with Gasteiger partial charge < -0.3 is 0 Å². The maximum absolute atomic E-state index is 8.98. The predicted octanol–water partition coefficient (Wildman–Crippen LogP) is 2.22. The highest BCUT2D eigenvalue weighted by Gasteiger charge is 2.00. The van der Waals surface area contributed by atoms with Gasteiger partial charge in [0.2, 0.25) is 0 Å². The van der Waals surface area contributed by atoms with E-state index in [4.69, 9.17) is 10.5 Å². The Bertz CT molecular complexity index is 665. The third-order valence-corrected chi connectivity index (χ3v) is 2.89. The summed E-state index contributed by atoms with van der Waals surface area (Å²) in [5, 5.41) is 17.8. The molecule has 0 atom stereocenters. The monoisotopic (exact) mass is 262 g/mol. The molecule has 0 unspecified atom stereocenters. The van der Waals surface area contributed by atoms with Crippen LogP contribution in [0.5, 0.6) is 0 Å². The highest BCUT2D eigenvalue weighted by atomic mass is 15.3. The maximum atomic E-state index is 8.98. The van der Waals surface area contributed by atoms with Crippen LogP contribution in [0, 0.1) is 22.7 Å². The highest BCUT2D eigenvalue weighted by Crippen LogP contribution is 2.06. The standard InChI is InChI=1S/C16H14N4/c17-9-13-4-3-5-14(8-13)11-19-20-12-16-7-2-1-6-15(16)10-18/h1-8,19-20H,11-12H2. The Morgan fingerprint density at radius 2 is 1.65 bits per heavy atom. The smallest absolute Gasteiger partial charge is 0.0995 e. The first-order chi connectivity index (χ1) is 9.83. The molecule has 0 aliphatic rings. The summed E-state index contributed by atoms with van der Waals surface area (Å²) in [7, 11) is 0. The molecule has 98 valence electrons. The Morgan fingerprint density at radius 3 is 2.45 bits per heavy atom. The number of nitrogens with zero attached hydrogens (tertiary/aromatic N) is 2. The van der Waals surface area contributed by atoms with E-state index in [1.165, 1.54) is 0 Å². The molecule has 0 aliphatic carbocycles. The van der Waals surface area contributed by atoms with Crippen molar-refractivity contribution in [3.8, 4) is 12.1 Å². The van der Waals surface area contributed by atoms with Gasteiger partial charge in [0.05, 0.1) is 23.3 Å². The van der Waals surface area contributed by atoms with Gasteiger partial charge in [-0.1, -0.05) is 30.3 Å². The number of hydrogen-bond acceptors (Lipinski definition) is 4. The van der Waals surface area contributed by atoms with Crippen LogP contribution in [-0.2, 0) is 13.1 Å². The Hall–Kier alpha value is -2.66. The zero-order valence-corrected chi connectivity index (χ0v) is 10.9. The van der Waals surface area contributed by atoms with Gasteiger partial charge in [0.1, 0.15) is 0 Å². The fourth-order valence-electron chi connectivity index (χ4n) is 1.86. The lowest BCUT2D eigenvalue weighted by Crippen LogP contribution is -2.30. The molecular weight excluding hydrogens is 248 g/mol. The molecule has 0 saturated carbocycles. The van der Waals surface area contributed by atoms with Gasteiger partial charge >= 0.3 is 0 Å². The van der Waals surface area contributed by atoms with Crippen molar-refractivity contribution >= 4 is 0 Å². The Morgan fingerprint density at radius 1 is 0.850 bits per heavy atom. The fourth-order valence-corrected chi connectivity index (χ4v) is 1.86. The topological polar surface area (TPSA) is 71.6 Å². The van der Waals surface area contributed by atoms with E-state index in [0.717, 1.165) is 11.1 Å². The molecule has 2 aromatic carbocycles. The molecule has 0 heterocycles. The minimum absolute atomic E-state index is 0.571. The average Bonchev–Trinajstić information content (AvgIpc) is 2.52. The fraction of sp³-hybridized carbons (Fsp3) is 0.125. The second kappa shape index (κ2) is 7.06. The molecule has 4 nitrogen and oxygen atoms in total. The lowest BCUT2D eigenvalue weighted by Gasteiger charge is -2.08. The predicted molar refractivity (Wildman–Crippen MR) is 76.0 cm³/mol. The van der Waals surface area contributed by atoms with Crippen LogP contribution in [0.15, 0.2) is 48.5 Å². The molecule has 4 heteroatoms. The molecule has 0 radical (unpaired) electrons. The Labute approximate surface area is 118 Å². The molecule has 0 spiro atoms. The summed E-state index contributed by atoms with van der Waals surface area (Å²) in [4.78, 5) is 0. The van der Waals surface area contributed by atoms with Crippen LogP contribution in [0.1, 0.15) is 22.3 Å². The Kier molecular flexibility index (Phi) is 4.86. The quantitative estimate of drug-likeness (QED) is 0.640. The summed E-state index contributed by atoms with van der Waals surface area (Å²) >= 11 is 0. The van der Waals surface area contributed by atoms with Gasteiger partial charge in [-0.15, -0.1) is 0 Å². The minimum Gasteiger partial charge on any atom is -0.253 e. The van der Waals surface area contributed by atoms with E-state index < -0.39 is 0 Å². The summed E-state index contributed by atoms with van der Waals surface area (Å²) in [6.45, 7) is 1.19. The van der Waals surface area contributed by atoms with Crippen molar-refractivity contribution < 1.29 is 0 Å². The maximum Gasteiger partial charge on any atom is 0.0995 e. The molecule has 2 rings (SSSR count). The SMILES string of the molecule is N#Cc1cccc(CNNCc2ccccc2C#N)c1. The van der Waals surface area contributed by atoms with Crippen molar-refractivity contribution in [3.63, 3.8) is 0 Å². The zero-order valence-electron chi connectivity index (χ0n) is 10.9. The molecule has 2 N–H and O–H groups in total. The van der Waals surface area contributed by atoms with Gasteiger partial charge in [-0.2, -0.15) is 10.5 Å². The van der Waals surface area contributed by atoms with Gasteiger partial charge in [0.25, 0.3) is 0 Å². The van der Waals surface area contributed by atoms with Crippen LogP contribution in [0.3, 0.4) is 0 Å². The van der Waals surface area contributed by atoms with Gasteiger partial charge in [-0.25, -0.2) is 0 Å². The van der Waals surface area contributed by atoms with E-state index >= 15 is 0 Å². The minimum atomic E-state index is 0.571. The van der Waals surface area contributed by atoms with Crippen molar-refractivity contribution in [1.29, 1.82) is 10.5 Å². The second-order valence-electron chi connectivity index (χ2n) is 4.29. The van der Waals surface area contributed by atoms with Crippen LogP contribution in [0.2, 0.25) is 0 Å². The summed E-state index contributed by atoms with van der Waals surface area (Å²) in [6.07, 6.45) is 0. The van der Waals surface area contributed by atoms with Crippen LogP contribution in [0.4, 0.5) is 0 Å². The van der Waals surface area contributed by atoms with Crippen molar-refractivity contribution in [3.05, 3.63) is 70.8 Å². The van der Waals surface area contributed by atoms with Gasteiger partial charge in [0, 0.05) is 13.1 Å². The zero-order chi connectivity index (χ0) is 14.2. The first-order valence-corrected chi connectivity index (χ1v) is 6.26. The molecule has 0 fully saturated rings. The first-order valence-electron chi connectivity index (χ1n) is 6.26. The van der Waals surface area contributed by atoms with Crippen LogP contribution >= 0.6 is 0 Å². The van der Waals surface area contributed by atoms with Crippen molar-refractivity contribution in [2.24, 2.45) is 0 Å². The number of rotatable bonds is 5. The molecule has 0 bridgehead atoms. The summed E-state index contributed by atoms with van der Waals surface area (Å²) in [6, 6.07) is 19.2. The number of nitrogens with one attached hydrogen (secondary N) is 2. The van der Waals surface area contributed by atoms with E-state index in [2.05, 4.69) is 23.0 Å². The third kappa shape index (κ3) is 3.66. The van der Waals surface area contributed by atoms with Crippen LogP contribution in [0.25, 0.3) is 0 Å². The first kappa shape index (κ1) is 13.8. The lowest BCUT2D eigenvalue weighted by molar-refractivity contribution is 0.529. The van der Waals surface area contributed by atoms with E-state index in [0.29, 0.717) is 24.2 Å². The summed E-state index contributed by atoms with van der Waals surface area (Å²) in [5.74, 6) is 0. The number of hydrogen-bond donors (Lipinski definition) is 2. The van der Waals surface area contributed by atoms with Crippen molar-refractivity contribution in [2.75, 3.05) is 0 Å². The van der Waals surface area contributed by atoms with E-state index in [9.17, 15) is 0 Å². The molecular formula is C16H14N4. The normalized spacial score (nSPS) is 9.70. The van der Waals surface area contributed by atoms with Crippen LogP contribution < -0.4 is 10.9 Å². The molecule has 0 aromatic heterocycles. The lowest BCUT2D eigenvalue weighted by atomic mass is 10.1. The van der Waals surface area contributed by atoms with Crippen molar-refractivity contribution in [1.82, 2.24) is 10.9 Å². The summed E-state index contributed by atoms with van der Waals surface area (Å²) < 4.78 is 0. The largest absolute Gasteiger partial charge is 0.253 e. The Balaban J connectivity index is 1.85. The average molecular weight is 262 g/mol.